The van der Waals surface area contributed by atoms with Crippen LogP contribution >= 0.6 is 0 Å². The molecule has 112 valence electrons. The number of ketones is 2. The molecule has 0 heterocycles. The highest BCUT2D eigenvalue weighted by atomic mass is 16.6. The number of carbonyl (C=O) groups excluding carboxylic acids is 2. The smallest absolute Gasteiger partial charge is 0.277 e. The highest BCUT2D eigenvalue weighted by Gasteiger charge is 2.57. The van der Waals surface area contributed by atoms with E-state index in [0.717, 1.165) is 6.92 Å². The van der Waals surface area contributed by atoms with E-state index in [1.165, 1.54) is 0 Å². The Morgan fingerprint density at radius 2 is 1.58 bits per heavy atom. The quantitative estimate of drug-likeness (QED) is 0.165. The van der Waals surface area contributed by atoms with Gasteiger partial charge in [0, 0.05) is 0 Å². The van der Waals surface area contributed by atoms with Crippen LogP contribution in [0.4, 0.5) is 0 Å². The van der Waals surface area contributed by atoms with Crippen LogP contribution in [0.2, 0.25) is 0 Å². The first-order valence-electron chi connectivity index (χ1n) is 5.09. The monoisotopic (exact) mass is 283 g/mol. The molecule has 3 atom stereocenters. The van der Waals surface area contributed by atoms with Gasteiger partial charge in [0.15, 0.2) is 11.6 Å². The van der Waals surface area contributed by atoms with Gasteiger partial charge in [-0.3, -0.25) is 15.3 Å². The van der Waals surface area contributed by atoms with Crippen molar-refractivity contribution in [2.75, 3.05) is 6.61 Å². The summed E-state index contributed by atoms with van der Waals surface area (Å²) >= 11 is 0. The molecule has 0 aliphatic heterocycles. The molecule has 10 heteroatoms. The largest absolute Gasteiger partial charge is 0.390 e. The van der Waals surface area contributed by atoms with Crippen LogP contribution < -0.4 is 5.73 Å². The fraction of sp³-hybridized carbons (Fsp3) is 0.778. The molecule has 0 amide bonds. The van der Waals surface area contributed by atoms with Crippen LogP contribution in [0, 0.1) is 5.92 Å². The first kappa shape index (κ1) is 18.0. The molecular formula is C9H17NO9. The minimum atomic E-state index is -3.88. The summed E-state index contributed by atoms with van der Waals surface area (Å²) in [5, 5.41) is 63.6. The zero-order chi connectivity index (χ0) is 15.6. The summed E-state index contributed by atoms with van der Waals surface area (Å²) in [6.07, 6.45) is -3.90. The first-order chi connectivity index (χ1) is 8.37. The maximum atomic E-state index is 11.6. The molecule has 0 aromatic rings. The Kier molecular flexibility index (Phi) is 5.67. The van der Waals surface area contributed by atoms with Gasteiger partial charge < -0.3 is 35.7 Å². The van der Waals surface area contributed by atoms with Gasteiger partial charge in [-0.2, -0.15) is 0 Å². The van der Waals surface area contributed by atoms with Gasteiger partial charge >= 0.3 is 0 Å². The summed E-state index contributed by atoms with van der Waals surface area (Å²) in [5.74, 6) is -13.5. The molecule has 0 spiro atoms. The van der Waals surface area contributed by atoms with Crippen molar-refractivity contribution in [3.05, 3.63) is 0 Å². The Bertz CT molecular complexity index is 346. The van der Waals surface area contributed by atoms with E-state index in [2.05, 4.69) is 5.73 Å². The Morgan fingerprint density at radius 1 is 1.16 bits per heavy atom. The van der Waals surface area contributed by atoms with Crippen molar-refractivity contribution in [3.63, 3.8) is 0 Å². The fourth-order valence-corrected chi connectivity index (χ4v) is 1.29. The van der Waals surface area contributed by atoms with Crippen LogP contribution in [-0.2, 0) is 9.59 Å². The highest BCUT2D eigenvalue weighted by molar-refractivity contribution is 6.05. The molecule has 0 aromatic carbocycles. The summed E-state index contributed by atoms with van der Waals surface area (Å²) in [6.45, 7) is -0.394. The predicted octanol–water partition coefficient (Wildman–Crippen LogP) is -5.25. The Hall–Kier alpha value is -0.980. The lowest BCUT2D eigenvalue weighted by Crippen LogP contribution is -2.68. The average Bonchev–Trinajstić information content (AvgIpc) is 2.25. The molecule has 0 rings (SSSR count). The van der Waals surface area contributed by atoms with Crippen LogP contribution in [0.1, 0.15) is 6.92 Å². The second kappa shape index (κ2) is 5.98. The lowest BCUT2D eigenvalue weighted by molar-refractivity contribution is -0.365. The third-order valence-corrected chi connectivity index (χ3v) is 2.45. The van der Waals surface area contributed by atoms with Gasteiger partial charge in [0.25, 0.3) is 11.7 Å². The Labute approximate surface area is 107 Å². The molecule has 0 aliphatic carbocycles. The van der Waals surface area contributed by atoms with Crippen molar-refractivity contribution in [3.8, 4) is 0 Å². The molecule has 0 saturated carbocycles. The van der Waals surface area contributed by atoms with Gasteiger partial charge in [0.2, 0.25) is 0 Å². The van der Waals surface area contributed by atoms with E-state index in [9.17, 15) is 24.9 Å². The molecule has 0 radical (unpaired) electrons. The molecule has 0 aromatic heterocycles. The topological polar surface area (TPSA) is 202 Å². The maximum absolute atomic E-state index is 11.6. The highest BCUT2D eigenvalue weighted by Crippen LogP contribution is 2.26. The van der Waals surface area contributed by atoms with E-state index >= 15 is 0 Å². The first-order valence-corrected chi connectivity index (χ1v) is 5.09. The Morgan fingerprint density at radius 3 is 1.84 bits per heavy atom. The fourth-order valence-electron chi connectivity index (χ4n) is 1.29. The summed E-state index contributed by atoms with van der Waals surface area (Å²) in [6, 6.07) is 0. The van der Waals surface area contributed by atoms with E-state index in [-0.39, 0.29) is 0 Å². The summed E-state index contributed by atoms with van der Waals surface area (Å²) in [4.78, 5) is 23.0. The van der Waals surface area contributed by atoms with E-state index in [4.69, 9.17) is 20.4 Å². The predicted molar refractivity (Wildman–Crippen MR) is 56.8 cm³/mol. The van der Waals surface area contributed by atoms with Crippen molar-refractivity contribution in [2.24, 2.45) is 11.7 Å². The van der Waals surface area contributed by atoms with Gasteiger partial charge in [-0.05, 0) is 6.92 Å². The van der Waals surface area contributed by atoms with Crippen LogP contribution in [0.3, 0.4) is 0 Å². The van der Waals surface area contributed by atoms with Gasteiger partial charge in [-0.15, -0.1) is 0 Å². The van der Waals surface area contributed by atoms with Gasteiger partial charge in [0.1, 0.15) is 18.6 Å². The molecule has 0 saturated heterocycles. The maximum Gasteiger partial charge on any atom is 0.277 e. The van der Waals surface area contributed by atoms with Crippen molar-refractivity contribution in [1.82, 2.24) is 0 Å². The second-order valence-corrected chi connectivity index (χ2v) is 4.10. The number of hydrogen-bond donors (Lipinski definition) is 8. The number of aliphatic hydroxyl groups excluding tert-OH is 3. The number of nitrogens with two attached hydrogens (primary N) is 1. The van der Waals surface area contributed by atoms with Crippen LogP contribution in [0.25, 0.3) is 0 Å². The molecule has 9 N–H and O–H groups in total. The summed E-state index contributed by atoms with van der Waals surface area (Å²) in [5.41, 5.74) is 4.60. The molecule has 10 nitrogen and oxygen atoms in total. The van der Waals surface area contributed by atoms with Crippen molar-refractivity contribution in [1.29, 1.82) is 0 Å². The number of aliphatic hydroxyl groups is 7. The number of Topliss-reactive ketones (excluding diaryl/α,β-unsaturated/α-hetero) is 2. The number of hydrogen-bond acceptors (Lipinski definition) is 10. The van der Waals surface area contributed by atoms with Crippen LogP contribution in [0.15, 0.2) is 0 Å². The van der Waals surface area contributed by atoms with Crippen LogP contribution in [-0.4, -0.2) is 77.8 Å². The Balaban J connectivity index is 5.61. The van der Waals surface area contributed by atoms with E-state index < -0.39 is 48.0 Å². The lowest BCUT2D eigenvalue weighted by atomic mass is 9.84. The van der Waals surface area contributed by atoms with Gasteiger partial charge in [-0.25, -0.2) is 0 Å². The second-order valence-electron chi connectivity index (χ2n) is 4.10. The van der Waals surface area contributed by atoms with E-state index in [0.29, 0.717) is 0 Å². The zero-order valence-corrected chi connectivity index (χ0v) is 9.96. The van der Waals surface area contributed by atoms with Crippen molar-refractivity contribution in [2.45, 2.75) is 30.8 Å². The SMILES string of the molecule is CC(O)C(O)C(=O)C(C(=O)CO)C(O)(O)C(N)(O)O. The molecule has 0 fully saturated rings. The molecular weight excluding hydrogens is 266 g/mol. The zero-order valence-electron chi connectivity index (χ0n) is 9.96. The average molecular weight is 283 g/mol. The standard InChI is InChI=1S/C9H17NO9/c1-3(12)6(14)7(15)5(4(13)2-11)8(16,17)9(10,18)19/h3,5-6,11-12,14,16-19H,2,10H2,1H3. The minimum Gasteiger partial charge on any atom is -0.390 e. The summed E-state index contributed by atoms with van der Waals surface area (Å²) < 4.78 is 0. The number of carbonyl (C=O) groups is 2. The minimum absolute atomic E-state index is 0.965. The third-order valence-electron chi connectivity index (χ3n) is 2.45. The van der Waals surface area contributed by atoms with Gasteiger partial charge in [-0.1, -0.05) is 0 Å². The van der Waals surface area contributed by atoms with E-state index in [1.54, 1.807) is 0 Å². The molecule has 0 bridgehead atoms. The third kappa shape index (κ3) is 3.75. The normalized spacial score (nSPS) is 17.7. The van der Waals surface area contributed by atoms with Crippen LogP contribution in [0.5, 0.6) is 0 Å². The lowest BCUT2D eigenvalue weighted by Gasteiger charge is -2.36. The van der Waals surface area contributed by atoms with Crippen molar-refractivity contribution < 1.29 is 45.3 Å². The summed E-state index contributed by atoms with van der Waals surface area (Å²) in [7, 11) is 0. The molecule has 19 heavy (non-hydrogen) atoms. The van der Waals surface area contributed by atoms with E-state index in [1.807, 2.05) is 0 Å². The molecule has 3 unspecified atom stereocenters. The van der Waals surface area contributed by atoms with Gasteiger partial charge in [0.05, 0.1) is 6.10 Å². The number of rotatable bonds is 7. The molecule has 0 aliphatic rings. The van der Waals surface area contributed by atoms with Crippen molar-refractivity contribution >= 4 is 11.6 Å².